The third-order valence-corrected chi connectivity index (χ3v) is 3.63. The molecule has 0 radical (unpaired) electrons. The molecule has 5 heteroatoms. The van der Waals surface area contributed by atoms with Crippen LogP contribution in [0.3, 0.4) is 0 Å². The number of aryl methyl sites for hydroxylation is 2. The summed E-state index contributed by atoms with van der Waals surface area (Å²) in [6.45, 7) is 3.98. The third-order valence-electron chi connectivity index (χ3n) is 3.63. The molecular formula is C15H19NO4. The molecule has 1 aromatic carbocycles. The maximum atomic E-state index is 12.6. The second-order valence-corrected chi connectivity index (χ2v) is 5.20. The van der Waals surface area contributed by atoms with E-state index in [1.807, 2.05) is 26.0 Å². The van der Waals surface area contributed by atoms with Crippen LogP contribution in [-0.4, -0.2) is 47.7 Å². The van der Waals surface area contributed by atoms with Gasteiger partial charge in [0.15, 0.2) is 0 Å². The molecule has 108 valence electrons. The molecule has 0 saturated carbocycles. The van der Waals surface area contributed by atoms with Gasteiger partial charge in [-0.3, -0.25) is 4.79 Å². The molecule has 1 aliphatic rings. The van der Waals surface area contributed by atoms with Gasteiger partial charge < -0.3 is 14.7 Å². The van der Waals surface area contributed by atoms with Gasteiger partial charge in [0, 0.05) is 18.5 Å². The Kier molecular flexibility index (Phi) is 4.09. The molecule has 1 fully saturated rings. The van der Waals surface area contributed by atoms with Gasteiger partial charge in [-0.05, 0) is 25.5 Å². The molecule has 2 atom stereocenters. The molecule has 2 unspecified atom stereocenters. The lowest BCUT2D eigenvalue weighted by Gasteiger charge is -2.23. The van der Waals surface area contributed by atoms with Gasteiger partial charge in [0.1, 0.15) is 6.04 Å². The minimum absolute atomic E-state index is 0.159. The molecule has 1 saturated heterocycles. The van der Waals surface area contributed by atoms with E-state index in [1.165, 1.54) is 12.0 Å². The van der Waals surface area contributed by atoms with Crippen molar-refractivity contribution in [2.75, 3.05) is 13.7 Å². The summed E-state index contributed by atoms with van der Waals surface area (Å²) in [6.07, 6.45) is -0.461. The quantitative estimate of drug-likeness (QED) is 0.821. The number of hydrogen-bond acceptors (Lipinski definition) is 4. The first-order valence-corrected chi connectivity index (χ1v) is 6.58. The number of aliphatic hydroxyl groups is 1. The average Bonchev–Trinajstić information content (AvgIpc) is 2.79. The summed E-state index contributed by atoms with van der Waals surface area (Å²) in [7, 11) is 1.28. The number of likely N-dealkylation sites (tertiary alicyclic amines) is 1. The van der Waals surface area contributed by atoms with Crippen molar-refractivity contribution in [2.24, 2.45) is 0 Å². The fraction of sp³-hybridized carbons (Fsp3) is 0.467. The first-order chi connectivity index (χ1) is 9.43. The average molecular weight is 277 g/mol. The molecule has 0 aliphatic carbocycles. The van der Waals surface area contributed by atoms with E-state index in [9.17, 15) is 14.7 Å². The Morgan fingerprint density at radius 3 is 2.65 bits per heavy atom. The maximum Gasteiger partial charge on any atom is 0.328 e. The topological polar surface area (TPSA) is 66.8 Å². The summed E-state index contributed by atoms with van der Waals surface area (Å²) in [5.41, 5.74) is 2.49. The monoisotopic (exact) mass is 277 g/mol. The first-order valence-electron chi connectivity index (χ1n) is 6.58. The van der Waals surface area contributed by atoms with E-state index in [4.69, 9.17) is 4.74 Å². The van der Waals surface area contributed by atoms with Gasteiger partial charge >= 0.3 is 5.97 Å². The molecule has 1 aromatic rings. The minimum Gasteiger partial charge on any atom is -0.467 e. The number of β-amino-alcohol motifs (C(OH)–C–C–N with tert-alkyl or cyclic N) is 1. The minimum atomic E-state index is -0.705. The van der Waals surface area contributed by atoms with Crippen LogP contribution in [-0.2, 0) is 9.53 Å². The lowest BCUT2D eigenvalue weighted by Crippen LogP contribution is -2.41. The summed E-state index contributed by atoms with van der Waals surface area (Å²) in [5.74, 6) is -0.728. The van der Waals surface area contributed by atoms with Crippen molar-refractivity contribution in [1.29, 1.82) is 0 Å². The van der Waals surface area contributed by atoms with Crippen LogP contribution in [0.15, 0.2) is 18.2 Å². The van der Waals surface area contributed by atoms with E-state index in [-0.39, 0.29) is 18.9 Å². The van der Waals surface area contributed by atoms with Crippen LogP contribution < -0.4 is 0 Å². The van der Waals surface area contributed by atoms with Gasteiger partial charge in [-0.15, -0.1) is 0 Å². The second kappa shape index (κ2) is 5.63. The Hall–Kier alpha value is -1.88. The summed E-state index contributed by atoms with van der Waals surface area (Å²) in [4.78, 5) is 25.7. The van der Waals surface area contributed by atoms with Gasteiger partial charge in [0.2, 0.25) is 0 Å². The largest absolute Gasteiger partial charge is 0.467 e. The predicted octanol–water partition coefficient (Wildman–Crippen LogP) is 1.05. The van der Waals surface area contributed by atoms with Gasteiger partial charge in [-0.25, -0.2) is 4.79 Å². The van der Waals surface area contributed by atoms with Crippen LogP contribution in [0.5, 0.6) is 0 Å². The van der Waals surface area contributed by atoms with Crippen molar-refractivity contribution in [3.05, 3.63) is 34.9 Å². The first kappa shape index (κ1) is 14.5. The molecule has 1 amide bonds. The van der Waals surface area contributed by atoms with Gasteiger partial charge in [0.25, 0.3) is 5.91 Å². The third kappa shape index (κ3) is 2.67. The van der Waals surface area contributed by atoms with E-state index in [2.05, 4.69) is 0 Å². The number of nitrogens with zero attached hydrogens (tertiary/aromatic N) is 1. The normalized spacial score (nSPS) is 21.9. The van der Waals surface area contributed by atoms with Crippen LogP contribution in [0.4, 0.5) is 0 Å². The number of carbonyl (C=O) groups excluding carboxylic acids is 2. The number of hydrogen-bond donors (Lipinski definition) is 1. The van der Waals surface area contributed by atoms with E-state index in [0.717, 1.165) is 11.1 Å². The number of benzene rings is 1. The second-order valence-electron chi connectivity index (χ2n) is 5.20. The molecule has 1 aliphatic heterocycles. The number of carbonyl (C=O) groups is 2. The van der Waals surface area contributed by atoms with E-state index in [0.29, 0.717) is 5.56 Å². The Morgan fingerprint density at radius 2 is 2.05 bits per heavy atom. The van der Waals surface area contributed by atoms with Gasteiger partial charge in [-0.1, -0.05) is 17.7 Å². The standard InChI is InChI=1S/C15H19NO4/c1-9-4-5-12(10(2)6-9)14(18)16-8-11(17)7-13(16)15(19)20-3/h4-6,11,13,17H,7-8H2,1-3H3. The summed E-state index contributed by atoms with van der Waals surface area (Å²) in [5, 5.41) is 9.72. The van der Waals surface area contributed by atoms with Crippen molar-refractivity contribution in [1.82, 2.24) is 4.90 Å². The molecule has 0 spiro atoms. The smallest absolute Gasteiger partial charge is 0.328 e. The fourth-order valence-electron chi connectivity index (χ4n) is 2.61. The summed E-state index contributed by atoms with van der Waals surface area (Å²) in [6, 6.07) is 4.84. The number of esters is 1. The lowest BCUT2D eigenvalue weighted by molar-refractivity contribution is -0.145. The van der Waals surface area contributed by atoms with Crippen LogP contribution in [0.1, 0.15) is 27.9 Å². The van der Waals surface area contributed by atoms with E-state index < -0.39 is 18.1 Å². The van der Waals surface area contributed by atoms with Crippen molar-refractivity contribution in [3.8, 4) is 0 Å². The number of rotatable bonds is 2. The Balaban J connectivity index is 2.29. The molecule has 0 aromatic heterocycles. The van der Waals surface area contributed by atoms with Gasteiger partial charge in [-0.2, -0.15) is 0 Å². The predicted molar refractivity (Wildman–Crippen MR) is 73.4 cm³/mol. The fourth-order valence-corrected chi connectivity index (χ4v) is 2.61. The maximum absolute atomic E-state index is 12.6. The highest BCUT2D eigenvalue weighted by Crippen LogP contribution is 2.23. The molecule has 5 nitrogen and oxygen atoms in total. The highest BCUT2D eigenvalue weighted by Gasteiger charge is 2.40. The van der Waals surface area contributed by atoms with Crippen LogP contribution >= 0.6 is 0 Å². The molecule has 1 N–H and O–H groups in total. The highest BCUT2D eigenvalue weighted by atomic mass is 16.5. The van der Waals surface area contributed by atoms with E-state index in [1.54, 1.807) is 6.07 Å². The lowest BCUT2D eigenvalue weighted by atomic mass is 10.0. The Bertz CT molecular complexity index is 541. The van der Waals surface area contributed by atoms with Crippen molar-refractivity contribution < 1.29 is 19.4 Å². The number of ether oxygens (including phenoxy) is 1. The molecular weight excluding hydrogens is 258 g/mol. The molecule has 1 heterocycles. The van der Waals surface area contributed by atoms with Crippen molar-refractivity contribution in [3.63, 3.8) is 0 Å². The number of aliphatic hydroxyl groups excluding tert-OH is 1. The van der Waals surface area contributed by atoms with Crippen LogP contribution in [0.25, 0.3) is 0 Å². The molecule has 0 bridgehead atoms. The van der Waals surface area contributed by atoms with Crippen molar-refractivity contribution in [2.45, 2.75) is 32.4 Å². The van der Waals surface area contributed by atoms with Crippen LogP contribution in [0, 0.1) is 13.8 Å². The SMILES string of the molecule is COC(=O)C1CC(O)CN1C(=O)c1ccc(C)cc1C. The number of amides is 1. The highest BCUT2D eigenvalue weighted by molar-refractivity contribution is 5.98. The summed E-state index contributed by atoms with van der Waals surface area (Å²) < 4.78 is 4.70. The van der Waals surface area contributed by atoms with Crippen LogP contribution in [0.2, 0.25) is 0 Å². The van der Waals surface area contributed by atoms with Crippen molar-refractivity contribution >= 4 is 11.9 Å². The zero-order chi connectivity index (χ0) is 14.9. The Labute approximate surface area is 118 Å². The number of methoxy groups -OCH3 is 1. The Morgan fingerprint density at radius 1 is 1.35 bits per heavy atom. The zero-order valence-corrected chi connectivity index (χ0v) is 11.9. The molecule has 2 rings (SSSR count). The van der Waals surface area contributed by atoms with Gasteiger partial charge in [0.05, 0.1) is 13.2 Å². The molecule has 20 heavy (non-hydrogen) atoms. The summed E-state index contributed by atoms with van der Waals surface area (Å²) >= 11 is 0. The zero-order valence-electron chi connectivity index (χ0n) is 11.9. The van der Waals surface area contributed by atoms with E-state index >= 15 is 0 Å².